The van der Waals surface area contributed by atoms with Crippen molar-refractivity contribution in [2.75, 3.05) is 0 Å². The third-order valence-corrected chi connectivity index (χ3v) is 3.08. The van der Waals surface area contributed by atoms with Crippen LogP contribution in [0.2, 0.25) is 0 Å². The third-order valence-electron chi connectivity index (χ3n) is 3.08. The summed E-state index contributed by atoms with van der Waals surface area (Å²) in [6.45, 7) is 0.251. The molecular formula is C15H14N2O4. The van der Waals surface area contributed by atoms with Gasteiger partial charge in [-0.2, -0.15) is 4.98 Å². The van der Waals surface area contributed by atoms with Crippen molar-refractivity contribution in [2.45, 2.75) is 25.4 Å². The smallest absolute Gasteiger partial charge is 0.328 e. The minimum absolute atomic E-state index is 0.251. The molecule has 0 amide bonds. The molecule has 1 aliphatic rings. The van der Waals surface area contributed by atoms with Gasteiger partial charge in [-0.25, -0.2) is 4.79 Å². The Morgan fingerprint density at radius 3 is 2.81 bits per heavy atom. The van der Waals surface area contributed by atoms with Crippen molar-refractivity contribution >= 4 is 12.0 Å². The van der Waals surface area contributed by atoms with E-state index in [1.807, 2.05) is 0 Å². The van der Waals surface area contributed by atoms with Gasteiger partial charge < -0.3 is 14.4 Å². The summed E-state index contributed by atoms with van der Waals surface area (Å²) >= 11 is 0. The second-order valence-corrected chi connectivity index (χ2v) is 4.85. The van der Waals surface area contributed by atoms with Gasteiger partial charge in [0, 0.05) is 12.0 Å². The van der Waals surface area contributed by atoms with E-state index in [1.165, 1.54) is 6.08 Å². The average molecular weight is 286 g/mol. The molecule has 1 N–H and O–H groups in total. The normalized spacial score (nSPS) is 14.5. The molecule has 0 atom stereocenters. The van der Waals surface area contributed by atoms with Crippen molar-refractivity contribution in [1.29, 1.82) is 0 Å². The number of rotatable bonds is 6. The summed E-state index contributed by atoms with van der Waals surface area (Å²) in [6, 6.07) is 7.09. The molecule has 3 rings (SSSR count). The zero-order chi connectivity index (χ0) is 14.7. The SMILES string of the molecule is O=C(O)C=Cc1ccc(OCc2noc(C3CC3)n2)cc1. The molecule has 0 aliphatic heterocycles. The van der Waals surface area contributed by atoms with E-state index < -0.39 is 5.97 Å². The first-order valence-corrected chi connectivity index (χ1v) is 6.67. The lowest BCUT2D eigenvalue weighted by Crippen LogP contribution is -1.97. The third kappa shape index (κ3) is 3.68. The maximum atomic E-state index is 10.4. The molecule has 2 aromatic rings. The number of carboxylic acids is 1. The number of carboxylic acid groups (broad SMARTS) is 1. The van der Waals surface area contributed by atoms with Gasteiger partial charge >= 0.3 is 5.97 Å². The number of hydrogen-bond donors (Lipinski definition) is 1. The minimum Gasteiger partial charge on any atom is -0.485 e. The Balaban J connectivity index is 1.55. The average Bonchev–Trinajstić information content (AvgIpc) is 3.23. The highest BCUT2D eigenvalue weighted by Crippen LogP contribution is 2.38. The van der Waals surface area contributed by atoms with Crippen LogP contribution in [0.15, 0.2) is 34.9 Å². The lowest BCUT2D eigenvalue weighted by atomic mass is 10.2. The maximum Gasteiger partial charge on any atom is 0.328 e. The van der Waals surface area contributed by atoms with Crippen LogP contribution in [0, 0.1) is 0 Å². The highest BCUT2D eigenvalue weighted by atomic mass is 16.5. The van der Waals surface area contributed by atoms with Gasteiger partial charge in [-0.3, -0.25) is 0 Å². The molecule has 0 spiro atoms. The predicted octanol–water partition coefficient (Wildman–Crippen LogP) is 2.62. The van der Waals surface area contributed by atoms with Crippen molar-refractivity contribution in [3.63, 3.8) is 0 Å². The van der Waals surface area contributed by atoms with Crippen LogP contribution in [-0.2, 0) is 11.4 Å². The Hall–Kier alpha value is -2.63. The molecule has 1 fully saturated rings. The first kappa shape index (κ1) is 13.4. The Bertz CT molecular complexity index is 657. The monoisotopic (exact) mass is 286 g/mol. The maximum absolute atomic E-state index is 10.4. The van der Waals surface area contributed by atoms with Crippen molar-refractivity contribution in [1.82, 2.24) is 10.1 Å². The number of hydrogen-bond acceptors (Lipinski definition) is 5. The molecule has 1 heterocycles. The van der Waals surface area contributed by atoms with Crippen LogP contribution in [0.5, 0.6) is 5.75 Å². The van der Waals surface area contributed by atoms with Crippen molar-refractivity contribution in [3.8, 4) is 5.75 Å². The van der Waals surface area contributed by atoms with Crippen molar-refractivity contribution < 1.29 is 19.2 Å². The molecule has 6 heteroatoms. The van der Waals surface area contributed by atoms with Crippen LogP contribution in [-0.4, -0.2) is 21.2 Å². The lowest BCUT2D eigenvalue weighted by molar-refractivity contribution is -0.131. The molecule has 1 aromatic carbocycles. The molecule has 0 saturated heterocycles. The van der Waals surface area contributed by atoms with Crippen LogP contribution in [0.1, 0.15) is 36.0 Å². The summed E-state index contributed by atoms with van der Waals surface area (Å²) in [6.07, 6.45) is 4.85. The topological polar surface area (TPSA) is 85.5 Å². The first-order chi connectivity index (χ1) is 10.2. The highest BCUT2D eigenvalue weighted by Gasteiger charge is 2.29. The Morgan fingerprint density at radius 1 is 1.38 bits per heavy atom. The van der Waals surface area contributed by atoms with E-state index >= 15 is 0 Å². The lowest BCUT2D eigenvalue weighted by Gasteiger charge is -2.03. The van der Waals surface area contributed by atoms with E-state index in [0.29, 0.717) is 23.4 Å². The molecule has 1 aromatic heterocycles. The first-order valence-electron chi connectivity index (χ1n) is 6.67. The number of benzene rings is 1. The van der Waals surface area contributed by atoms with Crippen LogP contribution < -0.4 is 4.74 Å². The summed E-state index contributed by atoms with van der Waals surface area (Å²) in [5.74, 6) is 1.36. The van der Waals surface area contributed by atoms with Gasteiger partial charge in [0.2, 0.25) is 11.7 Å². The van der Waals surface area contributed by atoms with Crippen LogP contribution >= 0.6 is 0 Å². The van der Waals surface area contributed by atoms with Gasteiger partial charge in [0.05, 0.1) is 0 Å². The van der Waals surface area contributed by atoms with Crippen molar-refractivity contribution in [3.05, 3.63) is 47.6 Å². The molecule has 0 radical (unpaired) electrons. The standard InChI is InChI=1S/C15H14N2O4/c18-14(19)8-3-10-1-6-12(7-2-10)20-9-13-16-15(21-17-13)11-4-5-11/h1-3,6-8,11H,4-5,9H2,(H,18,19). The number of ether oxygens (including phenoxy) is 1. The largest absolute Gasteiger partial charge is 0.485 e. The number of aromatic nitrogens is 2. The van der Waals surface area contributed by atoms with Gasteiger partial charge in [-0.1, -0.05) is 17.3 Å². The zero-order valence-corrected chi connectivity index (χ0v) is 11.2. The van der Waals surface area contributed by atoms with E-state index in [-0.39, 0.29) is 6.61 Å². The fourth-order valence-electron chi connectivity index (χ4n) is 1.81. The highest BCUT2D eigenvalue weighted by molar-refractivity contribution is 5.85. The summed E-state index contributed by atoms with van der Waals surface area (Å²) in [5, 5.41) is 12.4. The number of aliphatic carboxylic acids is 1. The predicted molar refractivity (Wildman–Crippen MR) is 73.7 cm³/mol. The van der Waals surface area contributed by atoms with Gasteiger partial charge in [0.15, 0.2) is 6.61 Å². The Morgan fingerprint density at radius 2 is 2.14 bits per heavy atom. The Labute approximate surface area is 121 Å². The quantitative estimate of drug-likeness (QED) is 0.821. The molecule has 108 valence electrons. The summed E-state index contributed by atoms with van der Waals surface area (Å²) in [7, 11) is 0. The van der Waals surface area contributed by atoms with Crippen LogP contribution in [0.3, 0.4) is 0 Å². The summed E-state index contributed by atoms with van der Waals surface area (Å²) in [4.78, 5) is 14.7. The van der Waals surface area contributed by atoms with Gasteiger partial charge in [0.1, 0.15) is 5.75 Å². The second-order valence-electron chi connectivity index (χ2n) is 4.85. The van der Waals surface area contributed by atoms with Gasteiger partial charge in [0.25, 0.3) is 0 Å². The van der Waals surface area contributed by atoms with E-state index in [4.69, 9.17) is 14.4 Å². The van der Waals surface area contributed by atoms with Crippen molar-refractivity contribution in [2.24, 2.45) is 0 Å². The van der Waals surface area contributed by atoms with E-state index in [1.54, 1.807) is 24.3 Å². The molecular weight excluding hydrogens is 272 g/mol. The molecule has 0 unspecified atom stereocenters. The van der Waals surface area contributed by atoms with Crippen LogP contribution in [0.4, 0.5) is 0 Å². The minimum atomic E-state index is -0.973. The van der Waals surface area contributed by atoms with E-state index in [0.717, 1.165) is 24.5 Å². The molecule has 21 heavy (non-hydrogen) atoms. The second kappa shape index (κ2) is 5.78. The molecule has 1 aliphatic carbocycles. The fourth-order valence-corrected chi connectivity index (χ4v) is 1.81. The number of nitrogens with zero attached hydrogens (tertiary/aromatic N) is 2. The van der Waals surface area contributed by atoms with Crippen LogP contribution in [0.25, 0.3) is 6.08 Å². The van der Waals surface area contributed by atoms with E-state index in [2.05, 4.69) is 10.1 Å². The Kier molecular flexibility index (Phi) is 3.68. The van der Waals surface area contributed by atoms with Gasteiger partial charge in [-0.15, -0.1) is 0 Å². The fraction of sp³-hybridized carbons (Fsp3) is 0.267. The molecule has 6 nitrogen and oxygen atoms in total. The van der Waals surface area contributed by atoms with E-state index in [9.17, 15) is 4.79 Å². The van der Waals surface area contributed by atoms with Gasteiger partial charge in [-0.05, 0) is 36.6 Å². The summed E-state index contributed by atoms with van der Waals surface area (Å²) < 4.78 is 10.7. The summed E-state index contributed by atoms with van der Waals surface area (Å²) in [5.41, 5.74) is 0.792. The number of carbonyl (C=O) groups is 1. The zero-order valence-electron chi connectivity index (χ0n) is 11.2. The molecule has 1 saturated carbocycles. The molecule has 0 bridgehead atoms.